The summed E-state index contributed by atoms with van der Waals surface area (Å²) >= 11 is 0. The van der Waals surface area contributed by atoms with Crippen molar-refractivity contribution in [3.8, 4) is 0 Å². The van der Waals surface area contributed by atoms with Gasteiger partial charge in [0.05, 0.1) is 0 Å². The second-order valence-corrected chi connectivity index (χ2v) is 9.05. The van der Waals surface area contributed by atoms with Crippen molar-refractivity contribution in [3.63, 3.8) is 0 Å². The van der Waals surface area contributed by atoms with E-state index in [1.54, 1.807) is 0 Å². The Morgan fingerprint density at radius 2 is 1.71 bits per heavy atom. The van der Waals surface area contributed by atoms with Gasteiger partial charge in [0.1, 0.15) is 5.82 Å². The summed E-state index contributed by atoms with van der Waals surface area (Å²) in [4.78, 5) is 0. The van der Waals surface area contributed by atoms with Crippen LogP contribution in [0.15, 0.2) is 17.8 Å². The first-order valence-electron chi connectivity index (χ1n) is 8.81. The van der Waals surface area contributed by atoms with Crippen molar-refractivity contribution in [2.24, 2.45) is 5.41 Å². The molecule has 1 rings (SSSR count). The Morgan fingerprint density at radius 3 is 2.17 bits per heavy atom. The van der Waals surface area contributed by atoms with Crippen molar-refractivity contribution in [1.82, 2.24) is 20.8 Å². The van der Waals surface area contributed by atoms with Crippen LogP contribution < -0.4 is 16.0 Å². The van der Waals surface area contributed by atoms with Crippen LogP contribution in [0.5, 0.6) is 0 Å². The summed E-state index contributed by atoms with van der Waals surface area (Å²) in [6, 6.07) is 2.09. The lowest BCUT2D eigenvalue weighted by molar-refractivity contribution is 0.435. The van der Waals surface area contributed by atoms with E-state index in [0.717, 1.165) is 24.6 Å². The van der Waals surface area contributed by atoms with Crippen LogP contribution in [-0.4, -0.2) is 35.9 Å². The van der Waals surface area contributed by atoms with Crippen LogP contribution in [0.1, 0.15) is 61.1 Å². The van der Waals surface area contributed by atoms with E-state index in [9.17, 15) is 0 Å². The highest BCUT2D eigenvalue weighted by Crippen LogP contribution is 2.25. The van der Waals surface area contributed by atoms with Gasteiger partial charge in [0.15, 0.2) is 0 Å². The number of hydrogen-bond donors (Lipinski definition) is 4. The number of H-pyrrole nitrogens is 1. The maximum absolute atomic E-state index is 4.32. The Morgan fingerprint density at radius 1 is 1.08 bits per heavy atom. The van der Waals surface area contributed by atoms with Crippen LogP contribution >= 0.6 is 0 Å². The molecule has 4 N–H and O–H groups in total. The van der Waals surface area contributed by atoms with Gasteiger partial charge in [-0.3, -0.25) is 5.10 Å². The lowest BCUT2D eigenvalue weighted by Gasteiger charge is -2.29. The molecular weight excluding hydrogens is 298 g/mol. The van der Waals surface area contributed by atoms with Crippen molar-refractivity contribution >= 4 is 5.82 Å². The first-order valence-corrected chi connectivity index (χ1v) is 8.81. The molecule has 24 heavy (non-hydrogen) atoms. The van der Waals surface area contributed by atoms with E-state index in [1.165, 1.54) is 5.70 Å². The molecule has 5 heteroatoms. The normalized spacial score (nSPS) is 14.0. The number of allylic oxidation sites excluding steroid dienone is 1. The summed E-state index contributed by atoms with van der Waals surface area (Å²) in [7, 11) is 1.99. The maximum atomic E-state index is 4.32. The van der Waals surface area contributed by atoms with E-state index in [4.69, 9.17) is 0 Å². The molecule has 0 spiro atoms. The van der Waals surface area contributed by atoms with E-state index in [1.807, 2.05) is 7.05 Å². The SMILES string of the molecule is CN/C(=C\C(C)(C)NCCNc1cc(C(C)(C)C)[nH]n1)C(C)(C)C. The second-order valence-electron chi connectivity index (χ2n) is 9.05. The highest BCUT2D eigenvalue weighted by molar-refractivity contribution is 5.37. The summed E-state index contributed by atoms with van der Waals surface area (Å²) in [6.45, 7) is 19.3. The molecular formula is C19H37N5. The van der Waals surface area contributed by atoms with E-state index in [0.29, 0.717) is 0 Å². The summed E-state index contributed by atoms with van der Waals surface area (Å²) < 4.78 is 0. The van der Waals surface area contributed by atoms with Gasteiger partial charge >= 0.3 is 0 Å². The van der Waals surface area contributed by atoms with Gasteiger partial charge in [-0.2, -0.15) is 5.10 Å². The number of nitrogens with zero attached hydrogens (tertiary/aromatic N) is 1. The van der Waals surface area contributed by atoms with E-state index < -0.39 is 0 Å². The third-order valence-corrected chi connectivity index (χ3v) is 3.98. The van der Waals surface area contributed by atoms with Crippen molar-refractivity contribution in [3.05, 3.63) is 23.5 Å². The molecule has 1 aromatic heterocycles. The van der Waals surface area contributed by atoms with Gasteiger partial charge in [0.25, 0.3) is 0 Å². The minimum Gasteiger partial charge on any atom is -0.391 e. The molecule has 0 atom stereocenters. The largest absolute Gasteiger partial charge is 0.391 e. The molecule has 0 bridgehead atoms. The third kappa shape index (κ3) is 6.56. The maximum Gasteiger partial charge on any atom is 0.148 e. The topological polar surface area (TPSA) is 64.8 Å². The number of aromatic nitrogens is 2. The molecule has 0 radical (unpaired) electrons. The number of anilines is 1. The van der Waals surface area contributed by atoms with Crippen LogP contribution in [0.4, 0.5) is 5.82 Å². The van der Waals surface area contributed by atoms with Crippen LogP contribution in [-0.2, 0) is 5.41 Å². The Hall–Kier alpha value is -1.49. The zero-order valence-corrected chi connectivity index (χ0v) is 17.0. The standard InChI is InChI=1S/C19H37N5/c1-17(2,3)14-12-16(24-23-14)21-10-11-22-19(7,8)13-15(20-9)18(4,5)6/h12-13,20,22H,10-11H2,1-9H3,(H2,21,23,24)/b15-13-. The molecule has 0 aliphatic carbocycles. The van der Waals surface area contributed by atoms with Gasteiger partial charge in [-0.25, -0.2) is 0 Å². The fourth-order valence-corrected chi connectivity index (χ4v) is 2.45. The molecule has 1 aromatic rings. The predicted octanol–water partition coefficient (Wildman–Crippen LogP) is 3.64. The van der Waals surface area contributed by atoms with E-state index >= 15 is 0 Å². The quantitative estimate of drug-likeness (QED) is 0.575. The van der Waals surface area contributed by atoms with Gasteiger partial charge in [0.2, 0.25) is 0 Å². The number of hydrogen-bond acceptors (Lipinski definition) is 4. The highest BCUT2D eigenvalue weighted by atomic mass is 15.2. The zero-order valence-electron chi connectivity index (χ0n) is 17.0. The molecule has 5 nitrogen and oxygen atoms in total. The number of rotatable bonds is 7. The van der Waals surface area contributed by atoms with Gasteiger partial charge in [-0.1, -0.05) is 41.5 Å². The number of nitrogens with one attached hydrogen (secondary N) is 4. The zero-order chi connectivity index (χ0) is 18.6. The first-order chi connectivity index (χ1) is 10.8. The molecule has 0 unspecified atom stereocenters. The molecule has 0 saturated carbocycles. The fourth-order valence-electron chi connectivity index (χ4n) is 2.45. The van der Waals surface area contributed by atoms with Crippen LogP contribution in [0.25, 0.3) is 0 Å². The molecule has 0 fully saturated rings. The minimum atomic E-state index is -0.0740. The minimum absolute atomic E-state index is 0.0740. The van der Waals surface area contributed by atoms with Gasteiger partial charge in [0, 0.05) is 54.0 Å². The average molecular weight is 336 g/mol. The molecule has 138 valence electrons. The van der Waals surface area contributed by atoms with Crippen molar-refractivity contribution in [2.45, 2.75) is 66.3 Å². The summed E-state index contributed by atoms with van der Waals surface area (Å²) in [5.41, 5.74) is 2.52. The second kappa shape index (κ2) is 7.60. The lowest BCUT2D eigenvalue weighted by Crippen LogP contribution is -2.41. The van der Waals surface area contributed by atoms with Crippen molar-refractivity contribution < 1.29 is 0 Å². The average Bonchev–Trinajstić information content (AvgIpc) is 2.88. The molecule has 0 aliphatic rings. The molecule has 0 aliphatic heterocycles. The van der Waals surface area contributed by atoms with E-state index in [-0.39, 0.29) is 16.4 Å². The van der Waals surface area contributed by atoms with Crippen LogP contribution in [0, 0.1) is 5.41 Å². The Bertz CT molecular complexity index is 541. The van der Waals surface area contributed by atoms with Crippen molar-refractivity contribution in [2.75, 3.05) is 25.5 Å². The fraction of sp³-hybridized carbons (Fsp3) is 0.737. The van der Waals surface area contributed by atoms with Crippen LogP contribution in [0.3, 0.4) is 0 Å². The van der Waals surface area contributed by atoms with Crippen molar-refractivity contribution in [1.29, 1.82) is 0 Å². The van der Waals surface area contributed by atoms with Gasteiger partial charge in [-0.05, 0) is 19.9 Å². The predicted molar refractivity (Wildman–Crippen MR) is 104 cm³/mol. The molecule has 0 amide bonds. The lowest BCUT2D eigenvalue weighted by atomic mass is 9.88. The number of aromatic amines is 1. The van der Waals surface area contributed by atoms with E-state index in [2.05, 4.69) is 93.7 Å². The highest BCUT2D eigenvalue weighted by Gasteiger charge is 2.21. The Labute approximate surface area is 148 Å². The summed E-state index contributed by atoms with van der Waals surface area (Å²) in [5, 5.41) is 17.7. The molecule has 1 heterocycles. The summed E-state index contributed by atoms with van der Waals surface area (Å²) in [5.74, 6) is 0.903. The van der Waals surface area contributed by atoms with Gasteiger partial charge in [-0.15, -0.1) is 0 Å². The third-order valence-electron chi connectivity index (χ3n) is 3.98. The monoisotopic (exact) mass is 335 g/mol. The van der Waals surface area contributed by atoms with Gasteiger partial charge < -0.3 is 16.0 Å². The smallest absolute Gasteiger partial charge is 0.148 e. The molecule has 0 saturated heterocycles. The summed E-state index contributed by atoms with van der Waals surface area (Å²) in [6.07, 6.45) is 2.28. The van der Waals surface area contributed by atoms with Crippen LogP contribution in [0.2, 0.25) is 0 Å². The Kier molecular flexibility index (Phi) is 6.51. The molecule has 0 aromatic carbocycles. The first kappa shape index (κ1) is 20.6. The Balaban J connectivity index is 2.52.